The quantitative estimate of drug-likeness (QED) is 0.415. The van der Waals surface area contributed by atoms with Crippen molar-refractivity contribution >= 4 is 34.4 Å². The van der Waals surface area contributed by atoms with Crippen molar-refractivity contribution in [1.29, 1.82) is 0 Å². The fourth-order valence-corrected chi connectivity index (χ4v) is 3.82. The lowest BCUT2D eigenvalue weighted by molar-refractivity contribution is 0.0817. The average Bonchev–Trinajstić information content (AvgIpc) is 3.12. The number of benzene rings is 2. The van der Waals surface area contributed by atoms with Gasteiger partial charge in [0.05, 0.1) is 17.6 Å². The van der Waals surface area contributed by atoms with Crippen molar-refractivity contribution in [3.63, 3.8) is 0 Å². The van der Waals surface area contributed by atoms with Crippen LogP contribution < -0.4 is 16.1 Å². The van der Waals surface area contributed by atoms with Crippen molar-refractivity contribution in [1.82, 2.24) is 18.7 Å². The van der Waals surface area contributed by atoms with Gasteiger partial charge in [-0.1, -0.05) is 17.7 Å². The number of nitrogens with zero attached hydrogens (tertiary/aromatic N) is 4. The van der Waals surface area contributed by atoms with Crippen LogP contribution in [0.25, 0.3) is 11.0 Å². The number of aromatic nitrogens is 4. The van der Waals surface area contributed by atoms with E-state index in [0.29, 0.717) is 16.2 Å². The molecule has 0 unspecified atom stereocenters. The van der Waals surface area contributed by atoms with Crippen LogP contribution >= 0.6 is 11.6 Å². The maximum atomic E-state index is 13.8. The van der Waals surface area contributed by atoms with E-state index in [4.69, 9.17) is 16.3 Å². The minimum atomic E-state index is -0.955. The number of ether oxygens (including phenoxy) is 1. The van der Waals surface area contributed by atoms with Gasteiger partial charge in [-0.15, -0.1) is 0 Å². The molecular weight excluding hydrogens is 502 g/mol. The molecule has 0 saturated carbocycles. The van der Waals surface area contributed by atoms with E-state index in [1.807, 2.05) is 0 Å². The molecule has 36 heavy (non-hydrogen) atoms. The summed E-state index contributed by atoms with van der Waals surface area (Å²) in [6, 6.07) is 7.34. The maximum absolute atomic E-state index is 13.8. The van der Waals surface area contributed by atoms with Crippen molar-refractivity contribution < 1.29 is 28.2 Å². The van der Waals surface area contributed by atoms with Crippen LogP contribution in [0.15, 0.2) is 52.2 Å². The summed E-state index contributed by atoms with van der Waals surface area (Å²) in [4.78, 5) is 53.0. The first-order chi connectivity index (χ1) is 17.1. The van der Waals surface area contributed by atoms with Crippen molar-refractivity contribution in [3.05, 3.63) is 91.3 Å². The standard InChI is InChI=1S/C23H17ClF2N4O6/c1-12(32)29-18-5-2-13(6-19(18)30(23(29)35)20(33)10-31)8-28-9-16(24)21(27-22(28)34)36-11-14-3-4-15(25)7-17(14)26/h2-7,9,31H,8,10-11H2,1H3. The Bertz CT molecular complexity index is 1640. The van der Waals surface area contributed by atoms with Gasteiger partial charge in [-0.2, -0.15) is 4.98 Å². The summed E-state index contributed by atoms with van der Waals surface area (Å²) in [5.41, 5.74) is -0.982. The Morgan fingerprint density at radius 2 is 1.83 bits per heavy atom. The topological polar surface area (TPSA) is 125 Å². The van der Waals surface area contributed by atoms with Gasteiger partial charge in [0.15, 0.2) is 0 Å². The molecular formula is C23H17ClF2N4O6. The summed E-state index contributed by atoms with van der Waals surface area (Å²) in [6.07, 6.45) is 1.24. The van der Waals surface area contributed by atoms with Gasteiger partial charge in [0.1, 0.15) is 29.9 Å². The highest BCUT2D eigenvalue weighted by atomic mass is 35.5. The van der Waals surface area contributed by atoms with Crippen LogP contribution in [-0.2, 0) is 13.2 Å². The number of aliphatic hydroxyl groups is 1. The lowest BCUT2D eigenvalue weighted by Gasteiger charge is -2.11. The van der Waals surface area contributed by atoms with Crippen LogP contribution in [0.4, 0.5) is 8.78 Å². The molecule has 13 heteroatoms. The molecule has 0 radical (unpaired) electrons. The largest absolute Gasteiger partial charge is 0.471 e. The monoisotopic (exact) mass is 518 g/mol. The van der Waals surface area contributed by atoms with E-state index in [0.717, 1.165) is 22.1 Å². The summed E-state index contributed by atoms with van der Waals surface area (Å²) in [6.45, 7) is -0.225. The first-order valence-corrected chi connectivity index (χ1v) is 10.7. The number of hydrogen-bond acceptors (Lipinski definition) is 7. The Morgan fingerprint density at radius 3 is 2.50 bits per heavy atom. The van der Waals surface area contributed by atoms with Crippen molar-refractivity contribution in [2.75, 3.05) is 6.61 Å². The molecule has 2 aromatic carbocycles. The minimum absolute atomic E-state index is 0.0349. The summed E-state index contributed by atoms with van der Waals surface area (Å²) in [5, 5.41) is 9.18. The number of hydrogen-bond donors (Lipinski definition) is 1. The molecule has 0 amide bonds. The van der Waals surface area contributed by atoms with Gasteiger partial charge in [0, 0.05) is 24.8 Å². The average molecular weight is 519 g/mol. The SMILES string of the molecule is CC(=O)n1c(=O)n(C(=O)CO)c2cc(Cn3cc(Cl)c(OCc4ccc(F)cc4F)nc3=O)ccc21. The number of carbonyl (C=O) groups excluding carboxylic acids is 2. The zero-order chi connectivity index (χ0) is 26.1. The Morgan fingerprint density at radius 1 is 1.08 bits per heavy atom. The van der Waals surface area contributed by atoms with Crippen LogP contribution in [0.2, 0.25) is 5.02 Å². The number of fused-ring (bicyclic) bond motifs is 1. The minimum Gasteiger partial charge on any atom is -0.471 e. The predicted octanol–water partition coefficient (Wildman–Crippen LogP) is 2.21. The molecule has 0 aliphatic heterocycles. The number of halogens is 3. The molecule has 0 atom stereocenters. The zero-order valence-electron chi connectivity index (χ0n) is 18.6. The lowest BCUT2D eigenvalue weighted by Crippen LogP contribution is -2.32. The van der Waals surface area contributed by atoms with Gasteiger partial charge in [0.2, 0.25) is 11.8 Å². The van der Waals surface area contributed by atoms with E-state index in [1.54, 1.807) is 0 Å². The van der Waals surface area contributed by atoms with Crippen LogP contribution in [-0.4, -0.2) is 42.2 Å². The van der Waals surface area contributed by atoms with Crippen LogP contribution in [0, 0.1) is 11.6 Å². The third-order valence-corrected chi connectivity index (χ3v) is 5.51. The Balaban J connectivity index is 1.64. The Hall–Kier alpha value is -4.16. The van der Waals surface area contributed by atoms with Crippen LogP contribution in [0.1, 0.15) is 27.6 Å². The molecule has 4 rings (SSSR count). The van der Waals surface area contributed by atoms with Gasteiger partial charge in [-0.05, 0) is 29.8 Å². The first kappa shape index (κ1) is 24.9. The highest BCUT2D eigenvalue weighted by molar-refractivity contribution is 6.31. The predicted molar refractivity (Wildman–Crippen MR) is 124 cm³/mol. The summed E-state index contributed by atoms with van der Waals surface area (Å²) < 4.78 is 34.8. The third kappa shape index (κ3) is 4.68. The van der Waals surface area contributed by atoms with Gasteiger partial charge in [-0.25, -0.2) is 27.5 Å². The molecule has 10 nitrogen and oxygen atoms in total. The summed E-state index contributed by atoms with van der Waals surface area (Å²) in [5.74, 6) is -3.37. The van der Waals surface area contributed by atoms with E-state index >= 15 is 0 Å². The highest BCUT2D eigenvalue weighted by Gasteiger charge is 2.21. The molecule has 0 fully saturated rings. The normalized spacial score (nSPS) is 11.1. The van der Waals surface area contributed by atoms with E-state index < -0.39 is 41.4 Å². The molecule has 0 aliphatic carbocycles. The molecule has 0 aliphatic rings. The second-order valence-corrected chi connectivity index (χ2v) is 8.08. The van der Waals surface area contributed by atoms with Gasteiger partial charge in [0.25, 0.3) is 5.91 Å². The molecule has 1 N–H and O–H groups in total. The smallest absolute Gasteiger partial charge is 0.351 e. The molecule has 0 saturated heterocycles. The van der Waals surface area contributed by atoms with Crippen molar-refractivity contribution in [2.45, 2.75) is 20.1 Å². The Labute approximate surface area is 205 Å². The first-order valence-electron chi connectivity index (χ1n) is 10.4. The molecule has 0 spiro atoms. The second-order valence-electron chi connectivity index (χ2n) is 7.68. The van der Waals surface area contributed by atoms with Gasteiger partial charge >= 0.3 is 11.4 Å². The van der Waals surface area contributed by atoms with Crippen molar-refractivity contribution in [2.24, 2.45) is 0 Å². The number of imidazole rings is 1. The Kier molecular flexibility index (Phi) is 6.82. The molecule has 186 valence electrons. The van der Waals surface area contributed by atoms with E-state index in [2.05, 4.69) is 4.98 Å². The highest BCUT2D eigenvalue weighted by Crippen LogP contribution is 2.22. The van der Waals surface area contributed by atoms with E-state index in [-0.39, 0.29) is 40.7 Å². The van der Waals surface area contributed by atoms with Gasteiger partial charge < -0.3 is 9.84 Å². The van der Waals surface area contributed by atoms with Gasteiger partial charge in [-0.3, -0.25) is 14.2 Å². The number of aliphatic hydroxyl groups excluding tert-OH is 1. The zero-order valence-corrected chi connectivity index (χ0v) is 19.3. The lowest BCUT2D eigenvalue weighted by atomic mass is 10.2. The molecule has 2 aromatic heterocycles. The third-order valence-electron chi connectivity index (χ3n) is 5.25. The molecule has 4 aromatic rings. The number of carbonyl (C=O) groups is 2. The van der Waals surface area contributed by atoms with E-state index in [1.165, 1.54) is 30.5 Å². The summed E-state index contributed by atoms with van der Waals surface area (Å²) in [7, 11) is 0. The molecule has 2 heterocycles. The molecule has 0 bridgehead atoms. The van der Waals surface area contributed by atoms with Crippen LogP contribution in [0.5, 0.6) is 5.88 Å². The van der Waals surface area contributed by atoms with Crippen LogP contribution in [0.3, 0.4) is 0 Å². The fraction of sp³-hybridized carbons (Fsp3) is 0.174. The van der Waals surface area contributed by atoms with E-state index in [9.17, 15) is 33.1 Å². The fourth-order valence-electron chi connectivity index (χ4n) is 3.61. The summed E-state index contributed by atoms with van der Waals surface area (Å²) >= 11 is 6.18. The van der Waals surface area contributed by atoms with Crippen molar-refractivity contribution in [3.8, 4) is 5.88 Å². The maximum Gasteiger partial charge on any atom is 0.351 e. The number of rotatable bonds is 6. The second kappa shape index (κ2) is 9.84.